The second-order valence-electron chi connectivity index (χ2n) is 6.30. The van der Waals surface area contributed by atoms with E-state index in [1.165, 1.54) is 0 Å². The van der Waals surface area contributed by atoms with Crippen LogP contribution in [0.3, 0.4) is 0 Å². The average molecular weight is 255 g/mol. The van der Waals surface area contributed by atoms with Crippen LogP contribution >= 0.6 is 0 Å². The number of carbonyl (C=O) groups is 1. The third-order valence-electron chi connectivity index (χ3n) is 3.46. The summed E-state index contributed by atoms with van der Waals surface area (Å²) >= 11 is 0. The Labute approximate surface area is 109 Å². The third kappa shape index (κ3) is 4.55. The van der Waals surface area contributed by atoms with Crippen LogP contribution in [0.5, 0.6) is 0 Å². The Balaban J connectivity index is 2.44. The van der Waals surface area contributed by atoms with Crippen molar-refractivity contribution in [2.45, 2.75) is 58.9 Å². The Hall–Kier alpha value is -1.26. The van der Waals surface area contributed by atoms with Crippen molar-refractivity contribution in [1.29, 1.82) is 0 Å². The lowest BCUT2D eigenvalue weighted by molar-refractivity contribution is -0.122. The van der Waals surface area contributed by atoms with Crippen LogP contribution in [0.1, 0.15) is 52.9 Å². The van der Waals surface area contributed by atoms with E-state index in [0.717, 1.165) is 25.7 Å². The first-order chi connectivity index (χ1) is 8.33. The van der Waals surface area contributed by atoms with Crippen molar-refractivity contribution in [2.24, 2.45) is 22.2 Å². The molecule has 2 unspecified atom stereocenters. The number of nitrogens with one attached hydrogen (secondary N) is 1. The number of rotatable bonds is 4. The number of amidine groups is 1. The fourth-order valence-corrected chi connectivity index (χ4v) is 2.33. The highest BCUT2D eigenvalue weighted by molar-refractivity contribution is 5.84. The molecular formula is C13H25N3O2. The topological polar surface area (TPSA) is 87.7 Å². The summed E-state index contributed by atoms with van der Waals surface area (Å²) in [6.45, 7) is 6.36. The van der Waals surface area contributed by atoms with Crippen LogP contribution < -0.4 is 11.1 Å². The fraction of sp³-hybridized carbons (Fsp3) is 0.846. The smallest absolute Gasteiger partial charge is 0.220 e. The summed E-state index contributed by atoms with van der Waals surface area (Å²) in [4.78, 5) is 11.8. The Morgan fingerprint density at radius 1 is 1.44 bits per heavy atom. The van der Waals surface area contributed by atoms with Crippen molar-refractivity contribution in [1.82, 2.24) is 5.32 Å². The number of carbonyl (C=O) groups excluding carboxylic acids is 1. The van der Waals surface area contributed by atoms with Gasteiger partial charge in [0.2, 0.25) is 5.91 Å². The van der Waals surface area contributed by atoms with Crippen molar-refractivity contribution in [3.63, 3.8) is 0 Å². The van der Waals surface area contributed by atoms with Crippen LogP contribution in [0.15, 0.2) is 5.16 Å². The number of nitrogens with two attached hydrogens (primary N) is 1. The predicted molar refractivity (Wildman–Crippen MR) is 71.4 cm³/mol. The molecule has 0 bridgehead atoms. The molecular weight excluding hydrogens is 230 g/mol. The van der Waals surface area contributed by atoms with Gasteiger partial charge in [-0.1, -0.05) is 32.3 Å². The number of oxime groups is 1. The van der Waals surface area contributed by atoms with Gasteiger partial charge in [0, 0.05) is 18.4 Å². The second kappa shape index (κ2) is 6.07. The van der Waals surface area contributed by atoms with E-state index in [9.17, 15) is 4.79 Å². The standard InChI is InChI=1S/C13H25N3O2/c1-13(2,3)8-7-11(17)15-10-6-4-5-9(10)12(14)16-18/h9-10,18H,4-8H2,1-3H3,(H2,14,16)(H,15,17). The maximum atomic E-state index is 11.8. The van der Waals surface area contributed by atoms with Gasteiger partial charge < -0.3 is 16.3 Å². The van der Waals surface area contributed by atoms with E-state index < -0.39 is 0 Å². The summed E-state index contributed by atoms with van der Waals surface area (Å²) in [7, 11) is 0. The molecule has 4 N–H and O–H groups in total. The molecule has 0 spiro atoms. The van der Waals surface area contributed by atoms with Gasteiger partial charge in [-0.3, -0.25) is 4.79 Å². The van der Waals surface area contributed by atoms with Gasteiger partial charge in [0.15, 0.2) is 0 Å². The maximum Gasteiger partial charge on any atom is 0.220 e. The van der Waals surface area contributed by atoms with E-state index in [-0.39, 0.29) is 29.1 Å². The van der Waals surface area contributed by atoms with E-state index in [2.05, 4.69) is 31.2 Å². The molecule has 1 fully saturated rings. The number of amides is 1. The predicted octanol–water partition coefficient (Wildman–Crippen LogP) is 1.84. The Bertz CT molecular complexity index is 321. The zero-order valence-electron chi connectivity index (χ0n) is 11.6. The van der Waals surface area contributed by atoms with Gasteiger partial charge in [0.1, 0.15) is 5.84 Å². The molecule has 1 aliphatic carbocycles. The van der Waals surface area contributed by atoms with E-state index >= 15 is 0 Å². The minimum atomic E-state index is -0.0198. The van der Waals surface area contributed by atoms with Gasteiger partial charge >= 0.3 is 0 Å². The summed E-state index contributed by atoms with van der Waals surface area (Å²) in [5, 5.41) is 14.8. The van der Waals surface area contributed by atoms with E-state index in [1.54, 1.807) is 0 Å². The minimum absolute atomic E-state index is 0.0198. The van der Waals surface area contributed by atoms with E-state index in [1.807, 2.05) is 0 Å². The summed E-state index contributed by atoms with van der Waals surface area (Å²) in [6, 6.07) is 0.0216. The Morgan fingerprint density at radius 3 is 2.67 bits per heavy atom. The lowest BCUT2D eigenvalue weighted by atomic mass is 9.90. The summed E-state index contributed by atoms with van der Waals surface area (Å²) in [5.74, 6) is 0.273. The number of hydrogen-bond acceptors (Lipinski definition) is 3. The zero-order valence-corrected chi connectivity index (χ0v) is 11.6. The van der Waals surface area contributed by atoms with Crippen molar-refractivity contribution >= 4 is 11.7 Å². The van der Waals surface area contributed by atoms with Gasteiger partial charge in [-0.2, -0.15) is 0 Å². The molecule has 0 aromatic rings. The highest BCUT2D eigenvalue weighted by atomic mass is 16.4. The quantitative estimate of drug-likeness (QED) is 0.310. The first-order valence-electron chi connectivity index (χ1n) is 6.60. The summed E-state index contributed by atoms with van der Waals surface area (Å²) in [6.07, 6.45) is 4.18. The largest absolute Gasteiger partial charge is 0.409 e. The molecule has 5 heteroatoms. The molecule has 1 saturated carbocycles. The monoisotopic (exact) mass is 255 g/mol. The first-order valence-corrected chi connectivity index (χ1v) is 6.60. The SMILES string of the molecule is CC(C)(C)CCC(=O)NC1CCCC1C(N)=NO. The molecule has 0 radical (unpaired) electrons. The molecule has 0 aromatic heterocycles. The van der Waals surface area contributed by atoms with Crippen LogP contribution in [0, 0.1) is 11.3 Å². The van der Waals surface area contributed by atoms with Crippen LogP contribution in [-0.4, -0.2) is 23.0 Å². The van der Waals surface area contributed by atoms with Crippen LogP contribution in [0.2, 0.25) is 0 Å². The molecule has 1 amide bonds. The van der Waals surface area contributed by atoms with Gasteiger partial charge in [-0.05, 0) is 24.7 Å². The third-order valence-corrected chi connectivity index (χ3v) is 3.46. The molecule has 1 aliphatic rings. The van der Waals surface area contributed by atoms with Gasteiger partial charge in [0.05, 0.1) is 0 Å². The highest BCUT2D eigenvalue weighted by Crippen LogP contribution is 2.26. The van der Waals surface area contributed by atoms with E-state index in [0.29, 0.717) is 6.42 Å². The number of hydrogen-bond donors (Lipinski definition) is 3. The first kappa shape index (κ1) is 14.8. The van der Waals surface area contributed by atoms with Crippen molar-refractivity contribution in [3.8, 4) is 0 Å². The minimum Gasteiger partial charge on any atom is -0.409 e. The lowest BCUT2D eigenvalue weighted by Crippen LogP contribution is -2.42. The molecule has 2 atom stereocenters. The highest BCUT2D eigenvalue weighted by Gasteiger charge is 2.31. The van der Waals surface area contributed by atoms with Crippen LogP contribution in [-0.2, 0) is 4.79 Å². The maximum absolute atomic E-state index is 11.8. The van der Waals surface area contributed by atoms with E-state index in [4.69, 9.17) is 10.9 Å². The van der Waals surface area contributed by atoms with Crippen molar-refractivity contribution in [2.75, 3.05) is 0 Å². The van der Waals surface area contributed by atoms with Gasteiger partial charge in [-0.25, -0.2) is 0 Å². The van der Waals surface area contributed by atoms with Crippen LogP contribution in [0.25, 0.3) is 0 Å². The van der Waals surface area contributed by atoms with Crippen molar-refractivity contribution in [3.05, 3.63) is 0 Å². The normalized spacial score (nSPS) is 25.2. The van der Waals surface area contributed by atoms with Crippen LogP contribution in [0.4, 0.5) is 0 Å². The molecule has 0 aromatic carbocycles. The van der Waals surface area contributed by atoms with Gasteiger partial charge in [0.25, 0.3) is 0 Å². The molecule has 0 heterocycles. The Morgan fingerprint density at radius 2 is 2.11 bits per heavy atom. The number of nitrogens with zero attached hydrogens (tertiary/aromatic N) is 1. The molecule has 5 nitrogen and oxygen atoms in total. The van der Waals surface area contributed by atoms with Crippen molar-refractivity contribution < 1.29 is 10.0 Å². The molecule has 0 saturated heterocycles. The molecule has 18 heavy (non-hydrogen) atoms. The molecule has 1 rings (SSSR count). The fourth-order valence-electron chi connectivity index (χ4n) is 2.33. The lowest BCUT2D eigenvalue weighted by Gasteiger charge is -2.22. The summed E-state index contributed by atoms with van der Waals surface area (Å²) < 4.78 is 0. The van der Waals surface area contributed by atoms with Gasteiger partial charge in [-0.15, -0.1) is 0 Å². The molecule has 104 valence electrons. The zero-order chi connectivity index (χ0) is 13.8. The summed E-state index contributed by atoms with van der Waals surface area (Å²) in [5.41, 5.74) is 5.80. The molecule has 0 aliphatic heterocycles. The Kier molecular flexibility index (Phi) is 4.99. The second-order valence-corrected chi connectivity index (χ2v) is 6.30. The average Bonchev–Trinajstić information content (AvgIpc) is 2.72.